The maximum absolute atomic E-state index is 12.7. The largest absolute Gasteiger partial charge is 0.481 e. The Morgan fingerprint density at radius 1 is 1.40 bits per heavy atom. The molecule has 1 aromatic carbocycles. The number of carboxylic acid groups (broad SMARTS) is 1. The number of aliphatic carboxylic acids is 1. The first-order chi connectivity index (χ1) is 11.8. The maximum Gasteiger partial charge on any atom is 0.308 e. The molecule has 0 saturated carbocycles. The van der Waals surface area contributed by atoms with Crippen LogP contribution in [0.15, 0.2) is 23.1 Å². The van der Waals surface area contributed by atoms with Crippen molar-refractivity contribution in [1.29, 1.82) is 0 Å². The van der Waals surface area contributed by atoms with Gasteiger partial charge in [-0.1, -0.05) is 11.6 Å². The van der Waals surface area contributed by atoms with E-state index in [-0.39, 0.29) is 30.8 Å². The third-order valence-corrected chi connectivity index (χ3v) is 6.18. The normalized spacial score (nSPS) is 25.9. The Morgan fingerprint density at radius 3 is 2.88 bits per heavy atom. The first-order valence-corrected chi connectivity index (χ1v) is 9.40. The molecule has 2 heterocycles. The van der Waals surface area contributed by atoms with Gasteiger partial charge in [0.1, 0.15) is 0 Å². The van der Waals surface area contributed by atoms with Crippen LogP contribution in [0.5, 0.6) is 0 Å². The Hall–Kier alpha value is -1.73. The van der Waals surface area contributed by atoms with Crippen LogP contribution in [0.3, 0.4) is 0 Å². The van der Waals surface area contributed by atoms with E-state index in [1.54, 1.807) is 17.0 Å². The molecule has 0 radical (unpaired) electrons. The van der Waals surface area contributed by atoms with Crippen molar-refractivity contribution in [3.05, 3.63) is 23.2 Å². The van der Waals surface area contributed by atoms with Crippen LogP contribution < -0.4 is 5.32 Å². The fraction of sp³-hybridized carbons (Fsp3) is 0.471. The highest BCUT2D eigenvalue weighted by Crippen LogP contribution is 2.38. The topological polar surface area (TPSA) is 86.7 Å². The summed E-state index contributed by atoms with van der Waals surface area (Å²) in [5.41, 5.74) is 0.656. The standard InChI is InChI=1S/C17H19ClN2O4S/c1-9-2-3-10(17(23)24)8-20(9)15(21)7-14-16(22)19-12-6-11(18)4-5-13(12)25-14/h4-6,9-10,14H,2-3,7-8H2,1H3,(H,19,22)(H,23,24). The van der Waals surface area contributed by atoms with Crippen molar-refractivity contribution in [3.63, 3.8) is 0 Å². The SMILES string of the molecule is CC1CCC(C(=O)O)CN1C(=O)CC1Sc2ccc(Cl)cc2NC1=O. The summed E-state index contributed by atoms with van der Waals surface area (Å²) in [6.45, 7) is 2.13. The van der Waals surface area contributed by atoms with Crippen molar-refractivity contribution in [2.75, 3.05) is 11.9 Å². The van der Waals surface area contributed by atoms with Gasteiger partial charge in [0, 0.05) is 28.9 Å². The zero-order valence-electron chi connectivity index (χ0n) is 13.7. The second-order valence-corrected chi connectivity index (χ2v) is 8.13. The van der Waals surface area contributed by atoms with E-state index in [0.717, 1.165) is 4.90 Å². The minimum absolute atomic E-state index is 0.00848. The summed E-state index contributed by atoms with van der Waals surface area (Å²) in [6, 6.07) is 5.24. The summed E-state index contributed by atoms with van der Waals surface area (Å²) in [6.07, 6.45) is 1.29. The van der Waals surface area contributed by atoms with Crippen LogP contribution in [-0.2, 0) is 14.4 Å². The van der Waals surface area contributed by atoms with Gasteiger partial charge >= 0.3 is 5.97 Å². The van der Waals surface area contributed by atoms with E-state index < -0.39 is 17.1 Å². The lowest BCUT2D eigenvalue weighted by Gasteiger charge is -2.37. The number of amides is 2. The highest BCUT2D eigenvalue weighted by molar-refractivity contribution is 8.01. The molecule has 0 spiro atoms. The van der Waals surface area contributed by atoms with E-state index >= 15 is 0 Å². The molecule has 2 aliphatic heterocycles. The van der Waals surface area contributed by atoms with Crippen LogP contribution in [0.25, 0.3) is 0 Å². The fourth-order valence-electron chi connectivity index (χ4n) is 3.19. The van der Waals surface area contributed by atoms with Crippen molar-refractivity contribution in [1.82, 2.24) is 4.90 Å². The van der Waals surface area contributed by atoms with Gasteiger partial charge in [-0.2, -0.15) is 0 Å². The van der Waals surface area contributed by atoms with Gasteiger partial charge in [-0.3, -0.25) is 14.4 Å². The van der Waals surface area contributed by atoms with Gasteiger partial charge < -0.3 is 15.3 Å². The number of anilines is 1. The predicted molar refractivity (Wildman–Crippen MR) is 95.9 cm³/mol. The molecule has 0 aliphatic carbocycles. The number of hydrogen-bond donors (Lipinski definition) is 2. The lowest BCUT2D eigenvalue weighted by atomic mass is 9.93. The van der Waals surface area contributed by atoms with Crippen molar-refractivity contribution < 1.29 is 19.5 Å². The molecule has 25 heavy (non-hydrogen) atoms. The van der Waals surface area contributed by atoms with Gasteiger partial charge in [0.25, 0.3) is 0 Å². The zero-order chi connectivity index (χ0) is 18.1. The Kier molecular flexibility index (Phi) is 5.24. The minimum Gasteiger partial charge on any atom is -0.481 e. The quantitative estimate of drug-likeness (QED) is 0.839. The summed E-state index contributed by atoms with van der Waals surface area (Å²) in [5.74, 6) is -1.81. The van der Waals surface area contributed by atoms with E-state index in [1.165, 1.54) is 11.8 Å². The first kappa shape index (κ1) is 18.1. The molecule has 0 bridgehead atoms. The van der Waals surface area contributed by atoms with Crippen LogP contribution in [0, 0.1) is 5.92 Å². The molecule has 1 saturated heterocycles. The van der Waals surface area contributed by atoms with Crippen LogP contribution in [0.1, 0.15) is 26.2 Å². The average molecular weight is 383 g/mol. The number of nitrogens with one attached hydrogen (secondary N) is 1. The Balaban J connectivity index is 1.69. The number of fused-ring (bicyclic) bond motifs is 1. The maximum atomic E-state index is 12.7. The van der Waals surface area contributed by atoms with Crippen LogP contribution in [0.4, 0.5) is 5.69 Å². The van der Waals surface area contributed by atoms with Gasteiger partial charge in [-0.05, 0) is 38.0 Å². The minimum atomic E-state index is -0.875. The highest BCUT2D eigenvalue weighted by Gasteiger charge is 2.36. The number of benzene rings is 1. The highest BCUT2D eigenvalue weighted by atomic mass is 35.5. The fourth-order valence-corrected chi connectivity index (χ4v) is 4.44. The molecule has 0 aromatic heterocycles. The summed E-state index contributed by atoms with van der Waals surface area (Å²) >= 11 is 7.27. The molecule has 8 heteroatoms. The van der Waals surface area contributed by atoms with Gasteiger partial charge in [0.05, 0.1) is 16.9 Å². The number of carboxylic acids is 1. The second kappa shape index (κ2) is 7.25. The predicted octanol–water partition coefficient (Wildman–Crippen LogP) is 2.85. The molecule has 3 unspecified atom stereocenters. The zero-order valence-corrected chi connectivity index (χ0v) is 15.3. The molecule has 2 N–H and O–H groups in total. The number of hydrogen-bond acceptors (Lipinski definition) is 4. The van der Waals surface area contributed by atoms with Gasteiger partial charge in [-0.15, -0.1) is 11.8 Å². The number of carbonyl (C=O) groups excluding carboxylic acids is 2. The Bertz CT molecular complexity index is 727. The monoisotopic (exact) mass is 382 g/mol. The van der Waals surface area contributed by atoms with Crippen molar-refractivity contribution in [3.8, 4) is 0 Å². The second-order valence-electron chi connectivity index (χ2n) is 6.45. The first-order valence-electron chi connectivity index (χ1n) is 8.14. The molecule has 134 valence electrons. The van der Waals surface area contributed by atoms with Gasteiger partial charge in [0.2, 0.25) is 11.8 Å². The third-order valence-electron chi connectivity index (χ3n) is 4.67. The molecule has 2 aliphatic rings. The summed E-state index contributed by atoms with van der Waals surface area (Å²) in [7, 11) is 0. The molecule has 2 amide bonds. The number of nitrogens with zero attached hydrogens (tertiary/aromatic N) is 1. The summed E-state index contributed by atoms with van der Waals surface area (Å²) in [4.78, 5) is 38.7. The Morgan fingerprint density at radius 2 is 2.16 bits per heavy atom. The molecule has 3 rings (SSSR count). The smallest absolute Gasteiger partial charge is 0.308 e. The number of halogens is 1. The van der Waals surface area contributed by atoms with E-state index in [1.807, 2.05) is 13.0 Å². The number of likely N-dealkylation sites (tertiary alicyclic amines) is 1. The molecular formula is C17H19ClN2O4S. The van der Waals surface area contributed by atoms with Crippen molar-refractivity contribution in [2.24, 2.45) is 5.92 Å². The molecule has 1 fully saturated rings. The van der Waals surface area contributed by atoms with E-state index in [4.69, 9.17) is 11.6 Å². The van der Waals surface area contributed by atoms with E-state index in [9.17, 15) is 19.5 Å². The lowest BCUT2D eigenvalue weighted by Crippen LogP contribution is -2.48. The number of rotatable bonds is 3. The summed E-state index contributed by atoms with van der Waals surface area (Å²) < 4.78 is 0. The number of carbonyl (C=O) groups is 3. The Labute approximate surface area is 154 Å². The van der Waals surface area contributed by atoms with E-state index in [0.29, 0.717) is 23.6 Å². The molecule has 1 aromatic rings. The molecular weight excluding hydrogens is 364 g/mol. The lowest BCUT2D eigenvalue weighted by molar-refractivity contribution is -0.147. The molecule has 3 atom stereocenters. The van der Waals surface area contributed by atoms with Gasteiger partial charge in [0.15, 0.2) is 0 Å². The van der Waals surface area contributed by atoms with E-state index in [2.05, 4.69) is 5.32 Å². The van der Waals surface area contributed by atoms with Gasteiger partial charge in [-0.25, -0.2) is 0 Å². The van der Waals surface area contributed by atoms with Crippen molar-refractivity contribution in [2.45, 2.75) is 42.4 Å². The summed E-state index contributed by atoms with van der Waals surface area (Å²) in [5, 5.41) is 12.0. The third kappa shape index (κ3) is 3.93. The van der Waals surface area contributed by atoms with Crippen molar-refractivity contribution >= 4 is 46.8 Å². The molecule has 6 nitrogen and oxygen atoms in total. The van der Waals surface area contributed by atoms with Crippen LogP contribution in [-0.4, -0.2) is 45.6 Å². The van der Waals surface area contributed by atoms with Crippen LogP contribution >= 0.6 is 23.4 Å². The number of piperidine rings is 1. The number of thioether (sulfide) groups is 1. The average Bonchev–Trinajstić information content (AvgIpc) is 2.55. The van der Waals surface area contributed by atoms with Crippen LogP contribution in [0.2, 0.25) is 5.02 Å².